The van der Waals surface area contributed by atoms with Crippen molar-refractivity contribution in [2.24, 2.45) is 5.73 Å². The first-order valence-electron chi connectivity index (χ1n) is 5.78. The zero-order chi connectivity index (χ0) is 12.8. The number of benzene rings is 1. The van der Waals surface area contributed by atoms with Gasteiger partial charge in [-0.15, -0.1) is 0 Å². The quantitative estimate of drug-likeness (QED) is 0.790. The van der Waals surface area contributed by atoms with Gasteiger partial charge < -0.3 is 11.1 Å². The fraction of sp³-hybridized carbons (Fsp3) is 0.462. The maximum atomic E-state index is 11.5. The molecule has 0 aliphatic rings. The van der Waals surface area contributed by atoms with Crippen molar-refractivity contribution in [3.63, 3.8) is 0 Å². The van der Waals surface area contributed by atoms with E-state index in [1.165, 1.54) is 5.56 Å². The third-order valence-electron chi connectivity index (χ3n) is 2.98. The number of nitrogens with one attached hydrogen (secondary N) is 1. The second kappa shape index (κ2) is 6.37. The Labute approximate surface area is 103 Å². The van der Waals surface area contributed by atoms with E-state index in [4.69, 9.17) is 5.73 Å². The first-order chi connectivity index (χ1) is 8.08. The van der Waals surface area contributed by atoms with Crippen LogP contribution in [-0.2, 0) is 17.9 Å². The molecule has 0 fully saturated rings. The van der Waals surface area contributed by atoms with Crippen molar-refractivity contribution >= 4 is 5.91 Å². The third-order valence-corrected chi connectivity index (χ3v) is 2.98. The lowest BCUT2D eigenvalue weighted by Crippen LogP contribution is -2.41. The van der Waals surface area contributed by atoms with Crippen LogP contribution in [0.15, 0.2) is 24.3 Å². The molecule has 94 valence electrons. The van der Waals surface area contributed by atoms with E-state index in [9.17, 15) is 4.79 Å². The molecule has 0 spiro atoms. The Morgan fingerprint density at radius 3 is 2.35 bits per heavy atom. The van der Waals surface area contributed by atoms with Crippen LogP contribution in [0.4, 0.5) is 0 Å². The average Bonchev–Trinajstić information content (AvgIpc) is 2.37. The van der Waals surface area contributed by atoms with Crippen molar-refractivity contribution in [1.29, 1.82) is 0 Å². The molecule has 17 heavy (non-hydrogen) atoms. The van der Waals surface area contributed by atoms with Gasteiger partial charge in [0.15, 0.2) is 0 Å². The minimum Gasteiger partial charge on any atom is -0.358 e. The summed E-state index contributed by atoms with van der Waals surface area (Å²) in [6.45, 7) is 3.21. The minimum absolute atomic E-state index is 0.0334. The normalized spacial score (nSPS) is 12.5. The summed E-state index contributed by atoms with van der Waals surface area (Å²) in [5.74, 6) is 0.0334. The summed E-state index contributed by atoms with van der Waals surface area (Å²) in [4.78, 5) is 13.5. The molecule has 1 amide bonds. The van der Waals surface area contributed by atoms with Crippen LogP contribution >= 0.6 is 0 Å². The van der Waals surface area contributed by atoms with Crippen molar-refractivity contribution in [2.45, 2.75) is 26.1 Å². The molecule has 0 saturated carbocycles. The predicted molar refractivity (Wildman–Crippen MR) is 69.3 cm³/mol. The fourth-order valence-corrected chi connectivity index (χ4v) is 1.61. The number of likely N-dealkylation sites (N-methyl/N-ethyl adjacent to an activating group) is 2. The van der Waals surface area contributed by atoms with Gasteiger partial charge in [0.25, 0.3) is 0 Å². The van der Waals surface area contributed by atoms with Crippen LogP contribution in [0.1, 0.15) is 18.1 Å². The lowest BCUT2D eigenvalue weighted by Gasteiger charge is -2.23. The van der Waals surface area contributed by atoms with Gasteiger partial charge in [0.2, 0.25) is 5.91 Å². The van der Waals surface area contributed by atoms with Gasteiger partial charge in [-0.2, -0.15) is 0 Å². The highest BCUT2D eigenvalue weighted by Crippen LogP contribution is 2.08. The summed E-state index contributed by atoms with van der Waals surface area (Å²) in [5, 5.41) is 2.65. The van der Waals surface area contributed by atoms with Gasteiger partial charge in [-0.1, -0.05) is 24.3 Å². The Morgan fingerprint density at radius 1 is 1.35 bits per heavy atom. The van der Waals surface area contributed by atoms with Gasteiger partial charge in [-0.05, 0) is 25.1 Å². The smallest absolute Gasteiger partial charge is 0.236 e. The summed E-state index contributed by atoms with van der Waals surface area (Å²) in [7, 11) is 3.60. The minimum atomic E-state index is -0.130. The number of hydrogen-bond donors (Lipinski definition) is 2. The van der Waals surface area contributed by atoms with Crippen LogP contribution in [0.25, 0.3) is 0 Å². The van der Waals surface area contributed by atoms with E-state index >= 15 is 0 Å². The van der Waals surface area contributed by atoms with Crippen LogP contribution in [0, 0.1) is 0 Å². The Morgan fingerprint density at radius 2 is 1.88 bits per heavy atom. The highest BCUT2D eigenvalue weighted by Gasteiger charge is 2.16. The molecule has 0 aliphatic heterocycles. The molecule has 3 N–H and O–H groups in total. The highest BCUT2D eigenvalue weighted by atomic mass is 16.2. The van der Waals surface area contributed by atoms with Gasteiger partial charge in [-0.3, -0.25) is 9.69 Å². The summed E-state index contributed by atoms with van der Waals surface area (Å²) in [6.07, 6.45) is 0. The van der Waals surface area contributed by atoms with Crippen molar-refractivity contribution in [3.8, 4) is 0 Å². The Hall–Kier alpha value is -1.39. The Kier molecular flexibility index (Phi) is 5.12. The molecule has 1 aromatic carbocycles. The predicted octanol–water partition coefficient (Wildman–Crippen LogP) is 0.712. The number of amides is 1. The highest BCUT2D eigenvalue weighted by molar-refractivity contribution is 5.80. The first kappa shape index (κ1) is 13.7. The molecular weight excluding hydrogens is 214 g/mol. The largest absolute Gasteiger partial charge is 0.358 e. The van der Waals surface area contributed by atoms with E-state index in [-0.39, 0.29) is 11.9 Å². The van der Waals surface area contributed by atoms with Gasteiger partial charge in [0.1, 0.15) is 0 Å². The summed E-state index contributed by atoms with van der Waals surface area (Å²) >= 11 is 0. The van der Waals surface area contributed by atoms with Crippen molar-refractivity contribution in [3.05, 3.63) is 35.4 Å². The lowest BCUT2D eigenvalue weighted by molar-refractivity contribution is -0.125. The van der Waals surface area contributed by atoms with Crippen LogP contribution in [0.5, 0.6) is 0 Å². The monoisotopic (exact) mass is 235 g/mol. The standard InChI is InChI=1S/C13H21N3O/c1-10(13(17)15-2)16(3)9-12-6-4-11(8-14)5-7-12/h4-7,10H,8-9,14H2,1-3H3,(H,15,17). The van der Waals surface area contributed by atoms with Gasteiger partial charge in [0, 0.05) is 20.1 Å². The molecule has 1 unspecified atom stereocenters. The molecule has 1 atom stereocenters. The van der Waals surface area contributed by atoms with E-state index < -0.39 is 0 Å². The average molecular weight is 235 g/mol. The number of carbonyl (C=O) groups is 1. The molecule has 4 heteroatoms. The molecule has 0 aromatic heterocycles. The summed E-state index contributed by atoms with van der Waals surface area (Å²) in [5.41, 5.74) is 7.85. The fourth-order valence-electron chi connectivity index (χ4n) is 1.61. The number of carbonyl (C=O) groups excluding carboxylic acids is 1. The first-order valence-corrected chi connectivity index (χ1v) is 5.78. The lowest BCUT2D eigenvalue weighted by atomic mass is 10.1. The maximum Gasteiger partial charge on any atom is 0.236 e. The number of rotatable bonds is 5. The van der Waals surface area contributed by atoms with E-state index in [1.807, 2.05) is 31.0 Å². The Bertz CT molecular complexity index is 361. The van der Waals surface area contributed by atoms with Gasteiger partial charge in [0.05, 0.1) is 6.04 Å². The van der Waals surface area contributed by atoms with Gasteiger partial charge in [-0.25, -0.2) is 0 Å². The third kappa shape index (κ3) is 3.84. The molecule has 0 radical (unpaired) electrons. The second-order valence-electron chi connectivity index (χ2n) is 4.23. The van der Waals surface area contributed by atoms with E-state index in [0.717, 1.165) is 12.1 Å². The zero-order valence-electron chi connectivity index (χ0n) is 10.7. The Balaban J connectivity index is 2.60. The number of nitrogens with zero attached hydrogens (tertiary/aromatic N) is 1. The molecule has 4 nitrogen and oxygen atoms in total. The van der Waals surface area contributed by atoms with Crippen LogP contribution < -0.4 is 11.1 Å². The zero-order valence-corrected chi connectivity index (χ0v) is 10.7. The molecule has 1 rings (SSSR count). The second-order valence-corrected chi connectivity index (χ2v) is 4.23. The van der Waals surface area contributed by atoms with E-state index in [2.05, 4.69) is 17.4 Å². The van der Waals surface area contributed by atoms with Gasteiger partial charge >= 0.3 is 0 Å². The van der Waals surface area contributed by atoms with Crippen LogP contribution in [-0.4, -0.2) is 30.9 Å². The van der Waals surface area contributed by atoms with E-state index in [1.54, 1.807) is 7.05 Å². The van der Waals surface area contributed by atoms with Crippen LogP contribution in [0.3, 0.4) is 0 Å². The van der Waals surface area contributed by atoms with Crippen LogP contribution in [0.2, 0.25) is 0 Å². The molecular formula is C13H21N3O. The number of hydrogen-bond acceptors (Lipinski definition) is 3. The summed E-state index contributed by atoms with van der Waals surface area (Å²) < 4.78 is 0. The molecule has 0 bridgehead atoms. The molecule has 1 aromatic rings. The van der Waals surface area contributed by atoms with Crippen molar-refractivity contribution in [2.75, 3.05) is 14.1 Å². The number of nitrogens with two attached hydrogens (primary N) is 1. The maximum absolute atomic E-state index is 11.5. The SMILES string of the molecule is CNC(=O)C(C)N(C)Cc1ccc(CN)cc1. The molecule has 0 saturated heterocycles. The summed E-state index contributed by atoms with van der Waals surface area (Å²) in [6, 6.07) is 8.01. The molecule has 0 aliphatic carbocycles. The van der Waals surface area contributed by atoms with Crippen molar-refractivity contribution < 1.29 is 4.79 Å². The van der Waals surface area contributed by atoms with Crippen molar-refractivity contribution in [1.82, 2.24) is 10.2 Å². The topological polar surface area (TPSA) is 58.4 Å². The molecule has 0 heterocycles. The van der Waals surface area contributed by atoms with E-state index in [0.29, 0.717) is 6.54 Å².